The lowest BCUT2D eigenvalue weighted by Crippen LogP contribution is -2.24. The van der Waals surface area contributed by atoms with Gasteiger partial charge in [0.15, 0.2) is 5.82 Å². The summed E-state index contributed by atoms with van der Waals surface area (Å²) < 4.78 is 19.8. The largest absolute Gasteiger partial charge is 0.468 e. The third kappa shape index (κ3) is 2.17. The van der Waals surface area contributed by atoms with Gasteiger partial charge >= 0.3 is 5.97 Å². The fourth-order valence-electron chi connectivity index (χ4n) is 2.47. The van der Waals surface area contributed by atoms with Crippen molar-refractivity contribution in [2.45, 2.75) is 25.3 Å². The summed E-state index contributed by atoms with van der Waals surface area (Å²) in [4.78, 5) is 16.2. The van der Waals surface area contributed by atoms with E-state index in [4.69, 9.17) is 4.74 Å². The highest BCUT2D eigenvalue weighted by Crippen LogP contribution is 2.28. The van der Waals surface area contributed by atoms with E-state index in [0.29, 0.717) is 30.2 Å². The van der Waals surface area contributed by atoms with Crippen molar-refractivity contribution in [3.8, 4) is 11.4 Å². The van der Waals surface area contributed by atoms with Crippen molar-refractivity contribution in [3.63, 3.8) is 0 Å². The van der Waals surface area contributed by atoms with E-state index in [0.717, 1.165) is 6.42 Å². The number of hydrogen-bond acceptors (Lipinski definition) is 4. The SMILES string of the molecule is COC(=O)C1CCCn2nc(-c3cccc(F)c3)nc21. The molecule has 2 heterocycles. The number of methoxy groups -OCH3 is 1. The number of rotatable bonds is 2. The van der Waals surface area contributed by atoms with E-state index in [1.165, 1.54) is 19.2 Å². The number of hydrogen-bond donors (Lipinski definition) is 0. The van der Waals surface area contributed by atoms with Gasteiger partial charge in [-0.15, -0.1) is 0 Å². The average molecular weight is 275 g/mol. The van der Waals surface area contributed by atoms with Crippen molar-refractivity contribution >= 4 is 5.97 Å². The summed E-state index contributed by atoms with van der Waals surface area (Å²) in [6.07, 6.45) is 1.55. The molecule has 1 aliphatic heterocycles. The Kier molecular flexibility index (Phi) is 3.22. The molecule has 6 heteroatoms. The molecule has 0 aliphatic carbocycles. The molecule has 0 bridgehead atoms. The molecule has 1 aromatic carbocycles. The summed E-state index contributed by atoms with van der Waals surface area (Å²) in [5, 5.41) is 4.36. The van der Waals surface area contributed by atoms with E-state index in [2.05, 4.69) is 10.1 Å². The monoisotopic (exact) mass is 275 g/mol. The van der Waals surface area contributed by atoms with Crippen LogP contribution in [0.5, 0.6) is 0 Å². The first kappa shape index (κ1) is 12.8. The smallest absolute Gasteiger partial charge is 0.316 e. The number of benzene rings is 1. The first-order chi connectivity index (χ1) is 9.69. The minimum absolute atomic E-state index is 0.302. The van der Waals surface area contributed by atoms with Crippen LogP contribution < -0.4 is 0 Å². The van der Waals surface area contributed by atoms with E-state index in [9.17, 15) is 9.18 Å². The molecule has 0 amide bonds. The predicted octanol–water partition coefficient (Wildman–Crippen LogP) is 2.13. The summed E-state index contributed by atoms with van der Waals surface area (Å²) in [7, 11) is 1.37. The van der Waals surface area contributed by atoms with Crippen LogP contribution in [0.2, 0.25) is 0 Å². The van der Waals surface area contributed by atoms with Gasteiger partial charge in [-0.3, -0.25) is 4.79 Å². The van der Waals surface area contributed by atoms with Crippen LogP contribution in [0.1, 0.15) is 24.6 Å². The number of fused-ring (bicyclic) bond motifs is 1. The summed E-state index contributed by atoms with van der Waals surface area (Å²) in [5.41, 5.74) is 0.607. The number of carbonyl (C=O) groups excluding carboxylic acids is 1. The third-order valence-corrected chi connectivity index (χ3v) is 3.44. The number of aromatic nitrogens is 3. The average Bonchev–Trinajstić information content (AvgIpc) is 2.90. The summed E-state index contributed by atoms with van der Waals surface area (Å²) in [6.45, 7) is 0.713. The van der Waals surface area contributed by atoms with Crippen molar-refractivity contribution in [2.24, 2.45) is 0 Å². The van der Waals surface area contributed by atoms with E-state index < -0.39 is 0 Å². The van der Waals surface area contributed by atoms with Crippen LogP contribution in [0.15, 0.2) is 24.3 Å². The molecule has 1 atom stereocenters. The predicted molar refractivity (Wildman–Crippen MR) is 69.4 cm³/mol. The van der Waals surface area contributed by atoms with E-state index in [-0.39, 0.29) is 17.7 Å². The maximum Gasteiger partial charge on any atom is 0.316 e. The topological polar surface area (TPSA) is 57.0 Å². The number of halogens is 1. The normalized spacial score (nSPS) is 17.6. The molecule has 5 nitrogen and oxygen atoms in total. The van der Waals surface area contributed by atoms with Crippen molar-refractivity contribution in [1.82, 2.24) is 14.8 Å². The second-order valence-corrected chi connectivity index (χ2v) is 4.75. The molecule has 1 aliphatic rings. The highest BCUT2D eigenvalue weighted by Gasteiger charge is 2.31. The molecule has 1 unspecified atom stereocenters. The van der Waals surface area contributed by atoms with Gasteiger partial charge in [-0.2, -0.15) is 5.10 Å². The van der Waals surface area contributed by atoms with Gasteiger partial charge in [0, 0.05) is 12.1 Å². The zero-order valence-electron chi connectivity index (χ0n) is 11.0. The Bertz CT molecular complexity index is 654. The number of esters is 1. The quantitative estimate of drug-likeness (QED) is 0.788. The molecular formula is C14H14FN3O2. The summed E-state index contributed by atoms with van der Waals surface area (Å²) in [6, 6.07) is 6.12. The van der Waals surface area contributed by atoms with Gasteiger partial charge in [0.2, 0.25) is 0 Å². The van der Waals surface area contributed by atoms with Crippen LogP contribution in [0, 0.1) is 5.82 Å². The lowest BCUT2D eigenvalue weighted by atomic mass is 9.99. The molecule has 0 saturated heterocycles. The molecule has 0 spiro atoms. The van der Waals surface area contributed by atoms with Crippen LogP contribution in [0.25, 0.3) is 11.4 Å². The highest BCUT2D eigenvalue weighted by molar-refractivity contribution is 5.77. The van der Waals surface area contributed by atoms with Gasteiger partial charge in [-0.05, 0) is 25.0 Å². The molecular weight excluding hydrogens is 261 g/mol. The minimum atomic E-state index is -0.386. The lowest BCUT2D eigenvalue weighted by molar-refractivity contribution is -0.143. The molecule has 0 saturated carbocycles. The van der Waals surface area contributed by atoms with Gasteiger partial charge in [0.25, 0.3) is 0 Å². The summed E-state index contributed by atoms with van der Waals surface area (Å²) in [5.74, 6) is 0.0187. The van der Waals surface area contributed by atoms with Crippen LogP contribution >= 0.6 is 0 Å². The van der Waals surface area contributed by atoms with Crippen molar-refractivity contribution in [1.29, 1.82) is 0 Å². The zero-order valence-corrected chi connectivity index (χ0v) is 11.0. The molecule has 0 N–H and O–H groups in total. The van der Waals surface area contributed by atoms with Crippen LogP contribution in [-0.4, -0.2) is 27.8 Å². The first-order valence-electron chi connectivity index (χ1n) is 6.47. The number of nitrogens with zero attached hydrogens (tertiary/aromatic N) is 3. The van der Waals surface area contributed by atoms with Crippen molar-refractivity contribution in [2.75, 3.05) is 7.11 Å². The standard InChI is InChI=1S/C14H14FN3O2/c1-20-14(19)11-6-3-7-18-13(11)16-12(17-18)9-4-2-5-10(15)8-9/h2,4-5,8,11H,3,6-7H2,1H3. The van der Waals surface area contributed by atoms with E-state index in [1.54, 1.807) is 16.8 Å². The van der Waals surface area contributed by atoms with Crippen LogP contribution in [-0.2, 0) is 16.1 Å². The number of carbonyl (C=O) groups is 1. The second kappa shape index (κ2) is 5.03. The fourth-order valence-corrected chi connectivity index (χ4v) is 2.47. The van der Waals surface area contributed by atoms with Crippen molar-refractivity contribution in [3.05, 3.63) is 35.9 Å². The first-order valence-corrected chi connectivity index (χ1v) is 6.47. The van der Waals surface area contributed by atoms with Crippen LogP contribution in [0.3, 0.4) is 0 Å². The Morgan fingerprint density at radius 1 is 1.50 bits per heavy atom. The maximum absolute atomic E-state index is 13.3. The Morgan fingerprint density at radius 2 is 2.35 bits per heavy atom. The molecule has 0 fully saturated rings. The van der Waals surface area contributed by atoms with Gasteiger partial charge < -0.3 is 4.74 Å². The van der Waals surface area contributed by atoms with Gasteiger partial charge in [0.1, 0.15) is 17.6 Å². The van der Waals surface area contributed by atoms with E-state index >= 15 is 0 Å². The molecule has 1 aromatic heterocycles. The Balaban J connectivity index is 2.01. The molecule has 0 radical (unpaired) electrons. The maximum atomic E-state index is 13.3. The Hall–Kier alpha value is -2.24. The third-order valence-electron chi connectivity index (χ3n) is 3.44. The van der Waals surface area contributed by atoms with E-state index in [1.807, 2.05) is 0 Å². The lowest BCUT2D eigenvalue weighted by Gasteiger charge is -2.19. The molecule has 104 valence electrons. The Morgan fingerprint density at radius 3 is 3.10 bits per heavy atom. The highest BCUT2D eigenvalue weighted by atomic mass is 19.1. The Labute approximate surface area is 115 Å². The minimum Gasteiger partial charge on any atom is -0.468 e. The fraction of sp³-hybridized carbons (Fsp3) is 0.357. The molecule has 3 rings (SSSR count). The van der Waals surface area contributed by atoms with Crippen LogP contribution in [0.4, 0.5) is 4.39 Å². The van der Waals surface area contributed by atoms with Gasteiger partial charge in [0.05, 0.1) is 7.11 Å². The summed E-state index contributed by atoms with van der Waals surface area (Å²) >= 11 is 0. The molecule has 20 heavy (non-hydrogen) atoms. The van der Waals surface area contributed by atoms with Gasteiger partial charge in [-0.1, -0.05) is 12.1 Å². The molecule has 2 aromatic rings. The van der Waals surface area contributed by atoms with Gasteiger partial charge in [-0.25, -0.2) is 14.1 Å². The number of aryl methyl sites for hydroxylation is 1. The second-order valence-electron chi connectivity index (χ2n) is 4.75. The zero-order chi connectivity index (χ0) is 14.1. The van der Waals surface area contributed by atoms with Crippen molar-refractivity contribution < 1.29 is 13.9 Å². The number of ether oxygens (including phenoxy) is 1.